The number of rotatable bonds is 5. The number of hydrogen-bond acceptors (Lipinski definition) is 1. The summed E-state index contributed by atoms with van der Waals surface area (Å²) in [6, 6.07) is 25.4. The van der Waals surface area contributed by atoms with E-state index in [1.165, 1.54) is 12.1 Å². The highest BCUT2D eigenvalue weighted by atomic mass is 19.1. The van der Waals surface area contributed by atoms with Crippen molar-refractivity contribution < 1.29 is 9.18 Å². The van der Waals surface area contributed by atoms with Gasteiger partial charge in [-0.1, -0.05) is 66.7 Å². The molecule has 0 unspecified atom stereocenters. The molecule has 0 saturated heterocycles. The molecule has 3 heteroatoms. The van der Waals surface area contributed by atoms with E-state index in [0.717, 1.165) is 11.1 Å². The van der Waals surface area contributed by atoms with Gasteiger partial charge >= 0.3 is 0 Å². The Morgan fingerprint density at radius 2 is 1.29 bits per heavy atom. The van der Waals surface area contributed by atoms with Gasteiger partial charge < -0.3 is 4.90 Å². The van der Waals surface area contributed by atoms with Crippen LogP contribution in [0.15, 0.2) is 84.9 Å². The number of halogens is 1. The zero-order valence-electron chi connectivity index (χ0n) is 13.2. The average molecular weight is 319 g/mol. The Balaban J connectivity index is 1.87. The van der Waals surface area contributed by atoms with Crippen LogP contribution in [0.5, 0.6) is 0 Å². The van der Waals surface area contributed by atoms with E-state index in [4.69, 9.17) is 0 Å². The Kier molecular flexibility index (Phi) is 5.02. The van der Waals surface area contributed by atoms with Crippen molar-refractivity contribution in [1.82, 2.24) is 4.90 Å². The van der Waals surface area contributed by atoms with Gasteiger partial charge in [0, 0.05) is 18.7 Å². The van der Waals surface area contributed by atoms with Crippen LogP contribution in [-0.2, 0) is 13.1 Å². The molecule has 0 spiro atoms. The lowest BCUT2D eigenvalue weighted by Gasteiger charge is -2.23. The summed E-state index contributed by atoms with van der Waals surface area (Å²) >= 11 is 0. The fourth-order valence-corrected chi connectivity index (χ4v) is 2.61. The van der Waals surface area contributed by atoms with Gasteiger partial charge in [-0.15, -0.1) is 0 Å². The second kappa shape index (κ2) is 7.55. The molecule has 1 amide bonds. The third-order valence-electron chi connectivity index (χ3n) is 3.79. The zero-order valence-corrected chi connectivity index (χ0v) is 13.2. The quantitative estimate of drug-likeness (QED) is 0.669. The molecule has 120 valence electrons. The van der Waals surface area contributed by atoms with Crippen LogP contribution in [0.25, 0.3) is 0 Å². The summed E-state index contributed by atoms with van der Waals surface area (Å²) in [6.07, 6.45) is 0. The summed E-state index contributed by atoms with van der Waals surface area (Å²) < 4.78 is 13.5. The van der Waals surface area contributed by atoms with Crippen molar-refractivity contribution in [2.75, 3.05) is 0 Å². The van der Waals surface area contributed by atoms with Gasteiger partial charge in [0.1, 0.15) is 5.82 Å². The van der Waals surface area contributed by atoms with Gasteiger partial charge in [0.2, 0.25) is 0 Å². The van der Waals surface area contributed by atoms with Gasteiger partial charge in [0.15, 0.2) is 0 Å². The number of amides is 1. The molecule has 0 bridgehead atoms. The normalized spacial score (nSPS) is 10.4. The minimum atomic E-state index is -0.403. The first-order valence-electron chi connectivity index (χ1n) is 7.85. The first-order valence-corrected chi connectivity index (χ1v) is 7.85. The number of nitrogens with zero attached hydrogens (tertiary/aromatic N) is 1. The van der Waals surface area contributed by atoms with Crippen molar-refractivity contribution in [3.05, 3.63) is 107 Å². The summed E-state index contributed by atoms with van der Waals surface area (Å²) in [5.41, 5.74) is 2.44. The van der Waals surface area contributed by atoms with Gasteiger partial charge in [-0.05, 0) is 29.3 Å². The van der Waals surface area contributed by atoms with Crippen molar-refractivity contribution in [2.45, 2.75) is 13.1 Å². The van der Waals surface area contributed by atoms with E-state index in [0.29, 0.717) is 18.7 Å². The Morgan fingerprint density at radius 1 is 0.750 bits per heavy atom. The molecular formula is C21H18FNO. The Bertz CT molecular complexity index is 761. The van der Waals surface area contributed by atoms with Crippen LogP contribution in [-0.4, -0.2) is 10.8 Å². The molecule has 0 aromatic heterocycles. The molecule has 24 heavy (non-hydrogen) atoms. The molecule has 3 aromatic carbocycles. The fraction of sp³-hybridized carbons (Fsp3) is 0.0952. The van der Waals surface area contributed by atoms with E-state index < -0.39 is 5.82 Å². The molecule has 2 nitrogen and oxygen atoms in total. The van der Waals surface area contributed by atoms with Crippen LogP contribution in [0.3, 0.4) is 0 Å². The standard InChI is InChI=1S/C21H18FNO/c22-20-13-7-12-19(14-20)21(24)23(15-17-8-3-1-4-9-17)16-18-10-5-2-6-11-18/h1-14H,15-16H2. The molecule has 0 heterocycles. The monoisotopic (exact) mass is 319 g/mol. The smallest absolute Gasteiger partial charge is 0.254 e. The molecule has 0 N–H and O–H groups in total. The largest absolute Gasteiger partial charge is 0.330 e. The number of benzene rings is 3. The highest BCUT2D eigenvalue weighted by Crippen LogP contribution is 2.15. The second-order valence-corrected chi connectivity index (χ2v) is 5.64. The minimum Gasteiger partial charge on any atom is -0.330 e. The Labute approximate surface area is 141 Å². The van der Waals surface area contributed by atoms with Crippen LogP contribution in [0.4, 0.5) is 4.39 Å². The van der Waals surface area contributed by atoms with Gasteiger partial charge in [-0.2, -0.15) is 0 Å². The predicted molar refractivity (Wildman–Crippen MR) is 92.9 cm³/mol. The minimum absolute atomic E-state index is 0.179. The van der Waals surface area contributed by atoms with E-state index in [-0.39, 0.29) is 5.91 Å². The molecule has 0 aliphatic rings. The van der Waals surface area contributed by atoms with Crippen molar-refractivity contribution in [2.24, 2.45) is 0 Å². The summed E-state index contributed by atoms with van der Waals surface area (Å²) in [4.78, 5) is 14.6. The number of carbonyl (C=O) groups is 1. The summed E-state index contributed by atoms with van der Waals surface area (Å²) in [7, 11) is 0. The summed E-state index contributed by atoms with van der Waals surface area (Å²) in [5, 5.41) is 0. The van der Waals surface area contributed by atoms with Crippen LogP contribution >= 0.6 is 0 Å². The van der Waals surface area contributed by atoms with Gasteiger partial charge in [-0.3, -0.25) is 4.79 Å². The van der Waals surface area contributed by atoms with Crippen LogP contribution in [0.2, 0.25) is 0 Å². The molecule has 3 aromatic rings. The predicted octanol–water partition coefficient (Wildman–Crippen LogP) is 4.67. The van der Waals surface area contributed by atoms with Gasteiger partial charge in [-0.25, -0.2) is 4.39 Å². The molecule has 0 aliphatic heterocycles. The lowest BCUT2D eigenvalue weighted by atomic mass is 10.1. The second-order valence-electron chi connectivity index (χ2n) is 5.64. The Morgan fingerprint density at radius 3 is 1.79 bits per heavy atom. The molecule has 3 rings (SSSR count). The lowest BCUT2D eigenvalue weighted by molar-refractivity contribution is 0.0729. The maximum absolute atomic E-state index is 13.5. The third kappa shape index (κ3) is 4.07. The number of hydrogen-bond donors (Lipinski definition) is 0. The van der Waals surface area contributed by atoms with E-state index in [2.05, 4.69) is 0 Å². The number of carbonyl (C=O) groups excluding carboxylic acids is 1. The SMILES string of the molecule is O=C(c1cccc(F)c1)N(Cc1ccccc1)Cc1ccccc1. The van der Waals surface area contributed by atoms with Crippen LogP contribution in [0, 0.1) is 5.82 Å². The van der Waals surface area contributed by atoms with E-state index in [1.54, 1.807) is 17.0 Å². The molecule has 0 fully saturated rings. The zero-order chi connectivity index (χ0) is 16.8. The first kappa shape index (κ1) is 15.9. The summed E-state index contributed by atoms with van der Waals surface area (Å²) in [5.74, 6) is -0.581. The van der Waals surface area contributed by atoms with Gasteiger partial charge in [0.05, 0.1) is 0 Å². The molecule has 0 saturated carbocycles. The topological polar surface area (TPSA) is 20.3 Å². The fourth-order valence-electron chi connectivity index (χ4n) is 2.61. The van der Waals surface area contributed by atoms with Crippen LogP contribution < -0.4 is 0 Å². The van der Waals surface area contributed by atoms with Crippen molar-refractivity contribution in [1.29, 1.82) is 0 Å². The third-order valence-corrected chi connectivity index (χ3v) is 3.79. The highest BCUT2D eigenvalue weighted by molar-refractivity contribution is 5.94. The molecule has 0 aliphatic carbocycles. The summed E-state index contributed by atoms with van der Waals surface area (Å²) in [6.45, 7) is 0.955. The van der Waals surface area contributed by atoms with Gasteiger partial charge in [0.25, 0.3) is 5.91 Å². The lowest BCUT2D eigenvalue weighted by Crippen LogP contribution is -2.30. The Hall–Kier alpha value is -2.94. The highest BCUT2D eigenvalue weighted by Gasteiger charge is 2.17. The van der Waals surface area contributed by atoms with E-state index in [1.807, 2.05) is 60.7 Å². The maximum atomic E-state index is 13.5. The van der Waals surface area contributed by atoms with Crippen LogP contribution in [0.1, 0.15) is 21.5 Å². The van der Waals surface area contributed by atoms with Crippen molar-refractivity contribution in [3.8, 4) is 0 Å². The van der Waals surface area contributed by atoms with Crippen molar-refractivity contribution >= 4 is 5.91 Å². The van der Waals surface area contributed by atoms with E-state index >= 15 is 0 Å². The average Bonchev–Trinajstić information content (AvgIpc) is 2.62. The van der Waals surface area contributed by atoms with Crippen molar-refractivity contribution in [3.63, 3.8) is 0 Å². The molecular weight excluding hydrogens is 301 g/mol. The molecule has 0 radical (unpaired) electrons. The first-order chi connectivity index (χ1) is 11.7. The maximum Gasteiger partial charge on any atom is 0.254 e. The molecule has 0 atom stereocenters. The van der Waals surface area contributed by atoms with E-state index in [9.17, 15) is 9.18 Å².